The van der Waals surface area contributed by atoms with Gasteiger partial charge in [-0.05, 0) is 79.3 Å². The molecule has 2 aromatic heterocycles. The molecule has 2 aliphatic rings. The molecule has 6 rings (SSSR count). The van der Waals surface area contributed by atoms with Crippen LogP contribution in [-0.4, -0.2) is 22.6 Å². The Hall–Kier alpha value is -3.03. The Morgan fingerprint density at radius 2 is 1.91 bits per heavy atom. The molecular weight excluding hydrogens is 522 g/mol. The van der Waals surface area contributed by atoms with Gasteiger partial charge in [0, 0.05) is 26.8 Å². The second-order valence-electron chi connectivity index (χ2n) is 9.05. The number of nitrogens with one attached hydrogen (secondary N) is 1. The molecule has 2 amide bonds. The molecule has 35 heavy (non-hydrogen) atoms. The predicted molar refractivity (Wildman–Crippen MR) is 144 cm³/mol. The second-order valence-corrected chi connectivity index (χ2v) is 11.0. The maximum absolute atomic E-state index is 14.0. The van der Waals surface area contributed by atoms with E-state index in [0.717, 1.165) is 40.0 Å². The molecule has 2 aromatic carbocycles. The number of thiophene rings is 1. The molecule has 7 heteroatoms. The number of urea groups is 1. The van der Waals surface area contributed by atoms with Crippen LogP contribution in [0.15, 0.2) is 71.3 Å². The molecule has 0 fully saturated rings. The van der Waals surface area contributed by atoms with Gasteiger partial charge >= 0.3 is 6.03 Å². The number of rotatable bonds is 3. The lowest BCUT2D eigenvalue weighted by Gasteiger charge is -2.31. The number of carbonyl (C=O) groups is 1. The third kappa shape index (κ3) is 4.06. The van der Waals surface area contributed by atoms with Gasteiger partial charge in [0.15, 0.2) is 0 Å². The largest absolute Gasteiger partial charge is 0.497 e. The van der Waals surface area contributed by atoms with Crippen LogP contribution in [0.1, 0.15) is 46.1 Å². The summed E-state index contributed by atoms with van der Waals surface area (Å²) >= 11 is 5.41. The molecule has 1 atom stereocenters. The molecule has 5 nitrogen and oxygen atoms in total. The van der Waals surface area contributed by atoms with Gasteiger partial charge in [-0.3, -0.25) is 0 Å². The summed E-state index contributed by atoms with van der Waals surface area (Å²) in [5, 5.41) is 4.41. The number of halogens is 1. The number of carbonyl (C=O) groups excluding carboxylic acids is 1. The number of amides is 2. The molecule has 0 saturated heterocycles. The smallest absolute Gasteiger partial charge is 0.322 e. The van der Waals surface area contributed by atoms with Crippen LogP contribution in [0.5, 0.6) is 5.75 Å². The van der Waals surface area contributed by atoms with Crippen molar-refractivity contribution in [3.05, 3.63) is 98.6 Å². The fourth-order valence-corrected chi connectivity index (χ4v) is 7.11. The first-order valence-electron chi connectivity index (χ1n) is 11.9. The van der Waals surface area contributed by atoms with Gasteiger partial charge in [-0.2, -0.15) is 0 Å². The van der Waals surface area contributed by atoms with Crippen molar-refractivity contribution in [3.8, 4) is 10.8 Å². The average Bonchev–Trinajstić information content (AvgIpc) is 3.46. The average molecular weight is 549 g/mol. The third-order valence-electron chi connectivity index (χ3n) is 6.93. The van der Waals surface area contributed by atoms with Gasteiger partial charge in [-0.25, -0.2) is 4.79 Å². The molecule has 1 aliphatic carbocycles. The van der Waals surface area contributed by atoms with Crippen LogP contribution in [0, 0.1) is 0 Å². The molecule has 1 unspecified atom stereocenters. The van der Waals surface area contributed by atoms with Crippen LogP contribution in [0.4, 0.5) is 10.5 Å². The lowest BCUT2D eigenvalue weighted by Crippen LogP contribution is -2.38. The Bertz CT molecular complexity index is 1410. The summed E-state index contributed by atoms with van der Waals surface area (Å²) in [4.78, 5) is 17.4. The fourth-order valence-electron chi connectivity index (χ4n) is 5.31. The summed E-state index contributed by atoms with van der Waals surface area (Å²) in [6.07, 6.45) is 6.80. The zero-order chi connectivity index (χ0) is 23.9. The summed E-state index contributed by atoms with van der Waals surface area (Å²) in [6.45, 7) is 0.560. The topological polar surface area (TPSA) is 46.5 Å². The van der Waals surface area contributed by atoms with E-state index in [1.165, 1.54) is 33.8 Å². The van der Waals surface area contributed by atoms with E-state index in [-0.39, 0.29) is 12.1 Å². The van der Waals surface area contributed by atoms with E-state index < -0.39 is 0 Å². The number of hydrogen-bond donors (Lipinski definition) is 1. The van der Waals surface area contributed by atoms with Crippen molar-refractivity contribution in [1.82, 2.24) is 9.47 Å². The van der Waals surface area contributed by atoms with E-state index in [2.05, 4.69) is 50.2 Å². The molecule has 178 valence electrons. The van der Waals surface area contributed by atoms with Gasteiger partial charge in [0.2, 0.25) is 0 Å². The van der Waals surface area contributed by atoms with Crippen molar-refractivity contribution >= 4 is 39.0 Å². The maximum Gasteiger partial charge on any atom is 0.322 e. The van der Waals surface area contributed by atoms with Crippen molar-refractivity contribution in [2.75, 3.05) is 12.4 Å². The van der Waals surface area contributed by atoms with E-state index in [0.29, 0.717) is 6.54 Å². The van der Waals surface area contributed by atoms with Crippen molar-refractivity contribution in [1.29, 1.82) is 0 Å². The number of hydrogen-bond acceptors (Lipinski definition) is 3. The number of anilines is 1. The van der Waals surface area contributed by atoms with Crippen LogP contribution in [0.2, 0.25) is 0 Å². The highest BCUT2D eigenvalue weighted by atomic mass is 79.9. The van der Waals surface area contributed by atoms with Crippen molar-refractivity contribution in [3.63, 3.8) is 0 Å². The molecular formula is C28H26BrN3O2S. The lowest BCUT2D eigenvalue weighted by molar-refractivity contribution is 0.194. The van der Waals surface area contributed by atoms with Crippen LogP contribution in [0.25, 0.3) is 5.00 Å². The lowest BCUT2D eigenvalue weighted by atomic mass is 9.95. The van der Waals surface area contributed by atoms with Crippen molar-refractivity contribution < 1.29 is 9.53 Å². The number of ether oxygens (including phenoxy) is 1. The number of aryl methyl sites for hydroxylation is 1. The summed E-state index contributed by atoms with van der Waals surface area (Å²) in [5.74, 6) is 0.782. The highest BCUT2D eigenvalue weighted by molar-refractivity contribution is 9.10. The van der Waals surface area contributed by atoms with E-state index in [1.54, 1.807) is 7.11 Å². The zero-order valence-electron chi connectivity index (χ0n) is 19.5. The van der Waals surface area contributed by atoms with Gasteiger partial charge in [-0.15, -0.1) is 11.3 Å². The second kappa shape index (κ2) is 9.21. The Morgan fingerprint density at radius 3 is 2.77 bits per heavy atom. The van der Waals surface area contributed by atoms with Gasteiger partial charge in [0.05, 0.1) is 25.4 Å². The molecule has 1 aliphatic heterocycles. The number of aromatic nitrogens is 1. The first-order chi connectivity index (χ1) is 17.1. The van der Waals surface area contributed by atoms with Crippen LogP contribution < -0.4 is 10.1 Å². The standard InChI is InChI=1S/C28H26BrN3O2S/c1-34-21-10-4-7-18(15-21)26-24-12-6-14-31(24)27-23(22-11-2-3-13-25(22)35-27)17-32(26)28(33)30-20-9-5-8-19(29)16-20/h4-10,12,14-16,26H,2-3,11,13,17H2,1H3,(H,30,33). The number of nitrogens with zero attached hydrogens (tertiary/aromatic N) is 2. The molecule has 0 bridgehead atoms. The maximum atomic E-state index is 14.0. The minimum Gasteiger partial charge on any atom is -0.497 e. The van der Waals surface area contributed by atoms with E-state index >= 15 is 0 Å². The minimum atomic E-state index is -0.258. The normalized spacial score (nSPS) is 16.6. The fraction of sp³-hybridized carbons (Fsp3) is 0.250. The molecule has 3 heterocycles. The Labute approximate surface area is 217 Å². The summed E-state index contributed by atoms with van der Waals surface area (Å²) in [5.41, 5.74) is 5.61. The van der Waals surface area contributed by atoms with Gasteiger partial charge in [0.25, 0.3) is 0 Å². The quantitative estimate of drug-likeness (QED) is 0.292. The molecule has 0 radical (unpaired) electrons. The van der Waals surface area contributed by atoms with E-state index in [4.69, 9.17) is 4.74 Å². The van der Waals surface area contributed by atoms with Gasteiger partial charge in [-0.1, -0.05) is 34.1 Å². The number of fused-ring (bicyclic) bond motifs is 5. The monoisotopic (exact) mass is 547 g/mol. The van der Waals surface area contributed by atoms with E-state index in [9.17, 15) is 4.79 Å². The SMILES string of the molecule is COc1cccc(C2c3cccn3-c3sc4c(c3CN2C(=O)Nc2cccc(Br)c2)CCCC4)c1. The highest BCUT2D eigenvalue weighted by Crippen LogP contribution is 2.44. The third-order valence-corrected chi connectivity index (χ3v) is 8.75. The summed E-state index contributed by atoms with van der Waals surface area (Å²) in [6, 6.07) is 19.6. The van der Waals surface area contributed by atoms with Crippen LogP contribution in [-0.2, 0) is 19.4 Å². The highest BCUT2D eigenvalue weighted by Gasteiger charge is 2.36. The molecule has 1 N–H and O–H groups in total. The van der Waals surface area contributed by atoms with Crippen LogP contribution in [0.3, 0.4) is 0 Å². The van der Waals surface area contributed by atoms with Crippen molar-refractivity contribution in [2.24, 2.45) is 0 Å². The molecule has 0 saturated carbocycles. The van der Waals surface area contributed by atoms with Gasteiger partial charge in [0.1, 0.15) is 10.8 Å². The summed E-state index contributed by atoms with van der Waals surface area (Å²) in [7, 11) is 1.68. The Balaban J connectivity index is 1.50. The van der Waals surface area contributed by atoms with E-state index in [1.807, 2.05) is 58.7 Å². The van der Waals surface area contributed by atoms with Gasteiger partial charge < -0.3 is 19.5 Å². The molecule has 4 aromatic rings. The Morgan fingerprint density at radius 1 is 1.06 bits per heavy atom. The van der Waals surface area contributed by atoms with Crippen molar-refractivity contribution in [2.45, 2.75) is 38.3 Å². The van der Waals surface area contributed by atoms with Crippen LogP contribution >= 0.6 is 27.3 Å². The first kappa shape index (κ1) is 22.4. The summed E-state index contributed by atoms with van der Waals surface area (Å²) < 4.78 is 8.77. The zero-order valence-corrected chi connectivity index (χ0v) is 21.9. The predicted octanol–water partition coefficient (Wildman–Crippen LogP) is 7.33. The first-order valence-corrected chi connectivity index (χ1v) is 13.5. The number of benzene rings is 2. The Kier molecular flexibility index (Phi) is 5.90. The molecule has 0 spiro atoms. The number of methoxy groups -OCH3 is 1. The minimum absolute atomic E-state index is 0.118.